The minimum Gasteiger partial charge on any atom is -0.330 e. The van der Waals surface area contributed by atoms with E-state index in [2.05, 4.69) is 15.5 Å². The standard InChI is InChI=1S/C12H15N5OS.ClH/c1-17-8-14-16-12(17)19-10-4-2-9(3-5-10)15-11(18)6-7-13;/h2-5,8H,6-7,13H2,1H3,(H,15,18);1H. The molecule has 6 nitrogen and oxygen atoms in total. The van der Waals surface area contributed by atoms with Crippen LogP contribution in [0.25, 0.3) is 0 Å². The van der Waals surface area contributed by atoms with Crippen molar-refractivity contribution in [1.29, 1.82) is 0 Å². The van der Waals surface area contributed by atoms with E-state index in [1.807, 2.05) is 35.9 Å². The normalized spacial score (nSPS) is 9.90. The Kier molecular flexibility index (Phi) is 6.50. The molecule has 0 aliphatic rings. The van der Waals surface area contributed by atoms with Crippen LogP contribution >= 0.6 is 24.2 Å². The van der Waals surface area contributed by atoms with Gasteiger partial charge in [0.1, 0.15) is 6.33 Å². The van der Waals surface area contributed by atoms with Crippen LogP contribution in [0.5, 0.6) is 0 Å². The van der Waals surface area contributed by atoms with Gasteiger partial charge in [-0.2, -0.15) is 0 Å². The molecule has 0 atom stereocenters. The van der Waals surface area contributed by atoms with Crippen molar-refractivity contribution in [1.82, 2.24) is 14.8 Å². The van der Waals surface area contributed by atoms with Crippen LogP contribution in [-0.2, 0) is 11.8 Å². The lowest BCUT2D eigenvalue weighted by atomic mass is 10.3. The maximum atomic E-state index is 11.4. The number of nitrogens with one attached hydrogen (secondary N) is 1. The largest absolute Gasteiger partial charge is 0.330 e. The number of aromatic nitrogens is 3. The number of rotatable bonds is 5. The van der Waals surface area contributed by atoms with Gasteiger partial charge in [0.25, 0.3) is 0 Å². The highest BCUT2D eigenvalue weighted by Gasteiger charge is 2.04. The molecular weight excluding hydrogens is 298 g/mol. The number of hydrogen-bond donors (Lipinski definition) is 2. The lowest BCUT2D eigenvalue weighted by Gasteiger charge is -2.05. The van der Waals surface area contributed by atoms with Crippen molar-refractivity contribution >= 4 is 35.8 Å². The number of carbonyl (C=O) groups is 1. The van der Waals surface area contributed by atoms with Crippen LogP contribution < -0.4 is 11.1 Å². The highest BCUT2D eigenvalue weighted by molar-refractivity contribution is 7.99. The minimum absolute atomic E-state index is 0. The number of nitrogens with two attached hydrogens (primary N) is 1. The number of halogens is 1. The van der Waals surface area contributed by atoms with E-state index in [4.69, 9.17) is 5.73 Å². The van der Waals surface area contributed by atoms with E-state index >= 15 is 0 Å². The molecule has 0 saturated carbocycles. The lowest BCUT2D eigenvalue weighted by Crippen LogP contribution is -2.15. The highest BCUT2D eigenvalue weighted by Crippen LogP contribution is 2.26. The van der Waals surface area contributed by atoms with Gasteiger partial charge in [-0.05, 0) is 36.0 Å². The van der Waals surface area contributed by atoms with Gasteiger partial charge < -0.3 is 15.6 Å². The zero-order valence-corrected chi connectivity index (χ0v) is 12.6. The van der Waals surface area contributed by atoms with Crippen molar-refractivity contribution < 1.29 is 4.79 Å². The Hall–Kier alpha value is -1.57. The Labute approximate surface area is 127 Å². The third kappa shape index (κ3) is 4.52. The molecule has 1 amide bonds. The summed E-state index contributed by atoms with van der Waals surface area (Å²) in [5, 5.41) is 11.4. The van der Waals surface area contributed by atoms with Crippen LogP contribution in [0.2, 0.25) is 0 Å². The summed E-state index contributed by atoms with van der Waals surface area (Å²) in [6, 6.07) is 7.56. The van der Waals surface area contributed by atoms with Crippen molar-refractivity contribution in [3.63, 3.8) is 0 Å². The number of anilines is 1. The summed E-state index contributed by atoms with van der Waals surface area (Å²) in [6.07, 6.45) is 1.99. The molecule has 0 aliphatic carbocycles. The molecule has 0 aliphatic heterocycles. The molecule has 108 valence electrons. The summed E-state index contributed by atoms with van der Waals surface area (Å²) in [6.45, 7) is 0.353. The van der Waals surface area contributed by atoms with Crippen LogP contribution in [0.1, 0.15) is 6.42 Å². The van der Waals surface area contributed by atoms with Gasteiger partial charge in [0.05, 0.1) is 0 Å². The van der Waals surface area contributed by atoms with Crippen molar-refractivity contribution in [2.24, 2.45) is 12.8 Å². The maximum Gasteiger partial charge on any atom is 0.225 e. The van der Waals surface area contributed by atoms with Crippen LogP contribution in [-0.4, -0.2) is 27.2 Å². The lowest BCUT2D eigenvalue weighted by molar-refractivity contribution is -0.116. The number of aryl methyl sites for hydroxylation is 1. The summed E-state index contributed by atoms with van der Waals surface area (Å²) >= 11 is 1.52. The second kappa shape index (κ2) is 7.88. The second-order valence-electron chi connectivity index (χ2n) is 3.94. The Bertz CT molecular complexity index is 557. The molecule has 0 saturated heterocycles. The van der Waals surface area contributed by atoms with E-state index in [0.29, 0.717) is 13.0 Å². The molecular formula is C12H16ClN5OS. The predicted octanol–water partition coefficient (Wildman–Crippen LogP) is 1.68. The maximum absolute atomic E-state index is 11.4. The van der Waals surface area contributed by atoms with Gasteiger partial charge in [-0.1, -0.05) is 0 Å². The second-order valence-corrected chi connectivity index (χ2v) is 4.98. The van der Waals surface area contributed by atoms with Gasteiger partial charge in [0, 0.05) is 30.6 Å². The topological polar surface area (TPSA) is 85.8 Å². The Morgan fingerprint density at radius 2 is 2.10 bits per heavy atom. The van der Waals surface area contributed by atoms with Crippen molar-refractivity contribution in [2.75, 3.05) is 11.9 Å². The van der Waals surface area contributed by atoms with Gasteiger partial charge in [-0.15, -0.1) is 22.6 Å². The monoisotopic (exact) mass is 313 g/mol. The molecule has 2 rings (SSSR count). The zero-order chi connectivity index (χ0) is 13.7. The molecule has 0 radical (unpaired) electrons. The fourth-order valence-electron chi connectivity index (χ4n) is 1.43. The first-order valence-corrected chi connectivity index (χ1v) is 6.62. The number of nitrogens with zero attached hydrogens (tertiary/aromatic N) is 3. The van der Waals surface area contributed by atoms with Crippen LogP contribution in [0, 0.1) is 0 Å². The fourth-order valence-corrected chi connectivity index (χ4v) is 2.19. The van der Waals surface area contributed by atoms with Gasteiger partial charge in [-0.3, -0.25) is 4.79 Å². The molecule has 1 aromatic carbocycles. The van der Waals surface area contributed by atoms with E-state index in [1.165, 1.54) is 11.8 Å². The summed E-state index contributed by atoms with van der Waals surface area (Å²) in [5.41, 5.74) is 6.08. The van der Waals surface area contributed by atoms with Crippen LogP contribution in [0.15, 0.2) is 40.6 Å². The zero-order valence-electron chi connectivity index (χ0n) is 10.9. The average molecular weight is 314 g/mol. The first-order valence-electron chi connectivity index (χ1n) is 5.81. The van der Waals surface area contributed by atoms with Crippen molar-refractivity contribution in [3.05, 3.63) is 30.6 Å². The molecule has 1 aromatic heterocycles. The minimum atomic E-state index is -0.0730. The number of carbonyl (C=O) groups excluding carboxylic acids is 1. The fraction of sp³-hybridized carbons (Fsp3) is 0.250. The molecule has 0 unspecified atom stereocenters. The van der Waals surface area contributed by atoms with E-state index in [0.717, 1.165) is 15.7 Å². The average Bonchev–Trinajstić information content (AvgIpc) is 2.78. The van der Waals surface area contributed by atoms with Crippen LogP contribution in [0.3, 0.4) is 0 Å². The van der Waals surface area contributed by atoms with E-state index in [9.17, 15) is 4.79 Å². The molecule has 0 spiro atoms. The SMILES string of the molecule is Cl.Cn1cnnc1Sc1ccc(NC(=O)CCN)cc1. The van der Waals surface area contributed by atoms with Crippen molar-refractivity contribution in [2.45, 2.75) is 16.5 Å². The third-order valence-corrected chi connectivity index (χ3v) is 3.45. The van der Waals surface area contributed by atoms with Gasteiger partial charge in [-0.25, -0.2) is 0 Å². The smallest absolute Gasteiger partial charge is 0.225 e. The first kappa shape index (κ1) is 16.5. The molecule has 20 heavy (non-hydrogen) atoms. The van der Waals surface area contributed by atoms with Gasteiger partial charge >= 0.3 is 0 Å². The summed E-state index contributed by atoms with van der Waals surface area (Å²) in [4.78, 5) is 12.4. The molecule has 2 aromatic rings. The van der Waals surface area contributed by atoms with E-state index < -0.39 is 0 Å². The Morgan fingerprint density at radius 3 is 2.65 bits per heavy atom. The predicted molar refractivity (Wildman–Crippen MR) is 81.1 cm³/mol. The van der Waals surface area contributed by atoms with Crippen molar-refractivity contribution in [3.8, 4) is 0 Å². The van der Waals surface area contributed by atoms with E-state index in [1.54, 1.807) is 6.33 Å². The van der Waals surface area contributed by atoms with Gasteiger partial charge in [0.15, 0.2) is 5.16 Å². The number of benzene rings is 1. The van der Waals surface area contributed by atoms with Crippen LogP contribution in [0.4, 0.5) is 5.69 Å². The molecule has 3 N–H and O–H groups in total. The highest BCUT2D eigenvalue weighted by atomic mass is 35.5. The molecule has 0 bridgehead atoms. The van der Waals surface area contributed by atoms with E-state index in [-0.39, 0.29) is 18.3 Å². The summed E-state index contributed by atoms with van der Waals surface area (Å²) < 4.78 is 1.85. The Balaban J connectivity index is 0.00000200. The number of amides is 1. The number of hydrogen-bond acceptors (Lipinski definition) is 5. The third-order valence-electron chi connectivity index (χ3n) is 2.39. The molecule has 0 fully saturated rings. The summed E-state index contributed by atoms with van der Waals surface area (Å²) in [7, 11) is 1.89. The quantitative estimate of drug-likeness (QED) is 0.877. The molecule has 8 heteroatoms. The Morgan fingerprint density at radius 1 is 1.40 bits per heavy atom. The van der Waals surface area contributed by atoms with Gasteiger partial charge in [0.2, 0.25) is 5.91 Å². The summed E-state index contributed by atoms with van der Waals surface area (Å²) in [5.74, 6) is -0.0730. The first-order chi connectivity index (χ1) is 9.19. The molecule has 1 heterocycles.